The largest absolute Gasteiger partial charge is 0.489 e. The molecule has 8 rings (SSSR count). The smallest absolute Gasteiger partial charge is 0.318 e. The van der Waals surface area contributed by atoms with Crippen LogP contribution in [0.1, 0.15) is 28.8 Å². The molecule has 0 radical (unpaired) electrons. The van der Waals surface area contributed by atoms with Crippen molar-refractivity contribution in [3.05, 3.63) is 64.2 Å². The number of rotatable bonds is 6. The van der Waals surface area contributed by atoms with Gasteiger partial charge >= 0.3 is 6.01 Å². The average molecular weight is 645 g/mol. The van der Waals surface area contributed by atoms with E-state index in [0.717, 1.165) is 24.2 Å². The third-order valence-corrected chi connectivity index (χ3v) is 10.0. The molecule has 45 heavy (non-hydrogen) atoms. The van der Waals surface area contributed by atoms with E-state index in [1.165, 1.54) is 19.2 Å². The highest BCUT2D eigenvalue weighted by Gasteiger charge is 2.50. The number of fused-ring (bicyclic) bond motifs is 1. The first-order chi connectivity index (χ1) is 21.8. The molecule has 1 aliphatic carbocycles. The molecule has 3 aromatic carbocycles. The number of ether oxygens (including phenoxy) is 2. The van der Waals surface area contributed by atoms with Gasteiger partial charge in [-0.15, -0.1) is 11.3 Å². The zero-order chi connectivity index (χ0) is 31.1. The van der Waals surface area contributed by atoms with E-state index in [2.05, 4.69) is 15.3 Å². The number of hydrogen-bond acceptors (Lipinski definition) is 10. The van der Waals surface area contributed by atoms with Gasteiger partial charge in [0.2, 0.25) is 0 Å². The molecule has 0 amide bonds. The number of Topliss-reactive ketones (excluding diaryl/α,β-unsaturated/α-hetero) is 1. The molecule has 3 N–H and O–H groups in total. The fraction of sp³-hybridized carbons (Fsp3) is 0.250. The molecule has 2 atom stereocenters. The van der Waals surface area contributed by atoms with E-state index in [1.807, 2.05) is 17.0 Å². The van der Waals surface area contributed by atoms with Crippen LogP contribution in [0.5, 0.6) is 11.8 Å². The van der Waals surface area contributed by atoms with E-state index < -0.39 is 11.6 Å². The monoisotopic (exact) mass is 644 g/mol. The molecular formula is C32H23ClF2N6O3S. The number of nitriles is 1. The van der Waals surface area contributed by atoms with Crippen molar-refractivity contribution in [2.24, 2.45) is 5.92 Å². The highest BCUT2D eigenvalue weighted by atomic mass is 35.5. The Labute approximate surface area is 264 Å². The van der Waals surface area contributed by atoms with E-state index >= 15 is 4.39 Å². The lowest BCUT2D eigenvalue weighted by molar-refractivity contribution is 0.0987. The zero-order valence-corrected chi connectivity index (χ0v) is 25.2. The first-order valence-corrected chi connectivity index (χ1v) is 15.5. The number of aromatic nitrogens is 2. The van der Waals surface area contributed by atoms with Gasteiger partial charge in [0.15, 0.2) is 23.2 Å². The quantitative estimate of drug-likeness (QED) is 0.160. The maximum absolute atomic E-state index is 16.8. The molecule has 2 fully saturated rings. The molecule has 2 aliphatic heterocycles. The number of ketones is 1. The summed E-state index contributed by atoms with van der Waals surface area (Å²) < 4.78 is 43.3. The van der Waals surface area contributed by atoms with E-state index in [4.69, 9.17) is 26.8 Å². The van der Waals surface area contributed by atoms with Crippen LogP contribution in [0.2, 0.25) is 5.02 Å². The van der Waals surface area contributed by atoms with Crippen molar-refractivity contribution in [2.75, 3.05) is 30.9 Å². The molecule has 1 saturated heterocycles. The summed E-state index contributed by atoms with van der Waals surface area (Å²) in [4.78, 5) is 24.1. The predicted octanol–water partition coefficient (Wildman–Crippen LogP) is 6.37. The van der Waals surface area contributed by atoms with E-state index in [9.17, 15) is 14.4 Å². The van der Waals surface area contributed by atoms with Gasteiger partial charge in [-0.05, 0) is 42.5 Å². The van der Waals surface area contributed by atoms with Gasteiger partial charge in [-0.1, -0.05) is 29.8 Å². The highest BCUT2D eigenvalue weighted by molar-refractivity contribution is 7.23. The summed E-state index contributed by atoms with van der Waals surface area (Å²) in [6.07, 6.45) is 2.29. The number of carbonyl (C=O) groups excluding carboxylic acids is 1. The van der Waals surface area contributed by atoms with Crippen LogP contribution < -0.4 is 25.4 Å². The third-order valence-electron chi connectivity index (χ3n) is 8.62. The number of thiophene rings is 1. The number of nitrogens with zero attached hydrogens (tertiary/aromatic N) is 4. The van der Waals surface area contributed by atoms with Gasteiger partial charge in [-0.3, -0.25) is 4.79 Å². The Morgan fingerprint density at radius 1 is 1.24 bits per heavy atom. The Morgan fingerprint density at radius 2 is 2.07 bits per heavy atom. The molecule has 5 aromatic rings. The Balaban J connectivity index is 1.32. The van der Waals surface area contributed by atoms with Gasteiger partial charge in [0, 0.05) is 28.2 Å². The van der Waals surface area contributed by atoms with Crippen molar-refractivity contribution >= 4 is 66.2 Å². The van der Waals surface area contributed by atoms with Crippen molar-refractivity contribution < 1.29 is 23.0 Å². The van der Waals surface area contributed by atoms with Crippen LogP contribution >= 0.6 is 22.9 Å². The number of carbonyl (C=O) groups is 1. The third kappa shape index (κ3) is 4.29. The zero-order valence-electron chi connectivity index (χ0n) is 23.7. The second kappa shape index (κ2) is 10.2. The van der Waals surface area contributed by atoms with Gasteiger partial charge in [-0.25, -0.2) is 8.78 Å². The molecule has 4 heterocycles. The van der Waals surface area contributed by atoms with Crippen molar-refractivity contribution in [1.29, 1.82) is 5.26 Å². The Morgan fingerprint density at radius 3 is 2.82 bits per heavy atom. The number of benzene rings is 3. The molecule has 1 saturated carbocycles. The topological polar surface area (TPSA) is 136 Å². The van der Waals surface area contributed by atoms with E-state index in [1.54, 1.807) is 18.2 Å². The van der Waals surface area contributed by atoms with Gasteiger partial charge in [0.05, 0.1) is 40.4 Å². The molecule has 2 aromatic heterocycles. The molecule has 13 heteroatoms. The minimum atomic E-state index is -0.831. The van der Waals surface area contributed by atoms with E-state index in [0.29, 0.717) is 17.2 Å². The van der Waals surface area contributed by atoms with Crippen LogP contribution in [0, 0.1) is 28.9 Å². The number of anilines is 3. The Bertz CT molecular complexity index is 2150. The van der Waals surface area contributed by atoms with Gasteiger partial charge in [0.1, 0.15) is 29.0 Å². The lowest BCUT2D eigenvalue weighted by Gasteiger charge is -2.23. The molecule has 0 spiro atoms. The average Bonchev–Trinajstić information content (AvgIpc) is 3.96. The van der Waals surface area contributed by atoms with Crippen molar-refractivity contribution in [3.8, 4) is 29.0 Å². The number of nitrogens with one attached hydrogen (secondary N) is 1. The minimum Gasteiger partial charge on any atom is -0.489 e. The number of nitrogen functional groups attached to an aromatic ring is 1. The number of methoxy groups -OCH3 is 1. The molecule has 3 aliphatic rings. The van der Waals surface area contributed by atoms with Crippen LogP contribution in [-0.4, -0.2) is 48.1 Å². The Hall–Kier alpha value is -4.57. The van der Waals surface area contributed by atoms with Crippen LogP contribution in [-0.2, 0) is 0 Å². The summed E-state index contributed by atoms with van der Waals surface area (Å²) >= 11 is 7.84. The first kappa shape index (κ1) is 27.9. The second-order valence-corrected chi connectivity index (χ2v) is 12.7. The van der Waals surface area contributed by atoms with E-state index in [-0.39, 0.29) is 96.3 Å². The molecule has 226 valence electrons. The summed E-state index contributed by atoms with van der Waals surface area (Å²) in [6, 6.07) is 11.7. The SMILES string of the molecule is COc1nc2c3c(c(Cl)c(-c4ccc(F)c5sc(N)c(C#N)c45)c(F)c3n1)OCCN2c1cccc(C(=O)C2NC2C2CC2)c1. The fourth-order valence-electron chi connectivity index (χ4n) is 6.26. The normalized spacial score (nSPS) is 18.9. The van der Waals surface area contributed by atoms with Crippen LogP contribution in [0.4, 0.5) is 25.3 Å². The van der Waals surface area contributed by atoms with Gasteiger partial charge in [-0.2, -0.15) is 15.2 Å². The van der Waals surface area contributed by atoms with Crippen LogP contribution in [0.3, 0.4) is 0 Å². The lowest BCUT2D eigenvalue weighted by Crippen LogP contribution is -2.23. The standard InChI is InChI=1S/C32H23ClF2N6O3S/c1-43-32-39-25-21-28(22(33)20(23(25)35)16-7-8-18(34)29-19(16)17(12-36)30(37)45-29)44-10-9-41(31(21)40-32)15-4-2-3-14(11-15)27(42)26-24(38-26)13-5-6-13/h2-4,7-8,11,13,24,26,38H,5-6,9-10,37H2,1H3. The maximum Gasteiger partial charge on any atom is 0.318 e. The van der Waals surface area contributed by atoms with Crippen molar-refractivity contribution in [1.82, 2.24) is 15.3 Å². The second-order valence-electron chi connectivity index (χ2n) is 11.3. The molecule has 0 bridgehead atoms. The van der Waals surface area contributed by atoms with Crippen LogP contribution in [0.15, 0.2) is 36.4 Å². The Kier molecular flexibility index (Phi) is 6.36. The highest BCUT2D eigenvalue weighted by Crippen LogP contribution is 2.51. The molecular weight excluding hydrogens is 622 g/mol. The van der Waals surface area contributed by atoms with Gasteiger partial charge < -0.3 is 25.4 Å². The number of nitrogens with two attached hydrogens (primary N) is 1. The summed E-state index contributed by atoms with van der Waals surface area (Å²) in [5.41, 5.74) is 7.19. The summed E-state index contributed by atoms with van der Waals surface area (Å²) in [6.45, 7) is 0.403. The molecule has 2 unspecified atom stereocenters. The first-order valence-electron chi connectivity index (χ1n) is 14.3. The number of hydrogen-bond donors (Lipinski definition) is 2. The summed E-state index contributed by atoms with van der Waals surface area (Å²) in [5, 5.41) is 13.5. The minimum absolute atomic E-state index is 0.0262. The van der Waals surface area contributed by atoms with Gasteiger partial charge in [0.25, 0.3) is 0 Å². The van der Waals surface area contributed by atoms with Crippen molar-refractivity contribution in [3.63, 3.8) is 0 Å². The van der Waals surface area contributed by atoms with Crippen molar-refractivity contribution in [2.45, 2.75) is 24.9 Å². The lowest BCUT2D eigenvalue weighted by atomic mass is 9.96. The summed E-state index contributed by atoms with van der Waals surface area (Å²) in [5.74, 6) is -0.417. The maximum atomic E-state index is 16.8. The summed E-state index contributed by atoms with van der Waals surface area (Å²) in [7, 11) is 1.37. The fourth-order valence-corrected chi connectivity index (χ4v) is 7.54. The molecule has 9 nitrogen and oxygen atoms in total. The predicted molar refractivity (Wildman–Crippen MR) is 168 cm³/mol. The van der Waals surface area contributed by atoms with Crippen LogP contribution in [0.25, 0.3) is 32.1 Å². The number of halogens is 3.